The Balaban J connectivity index is 0.000000194. The number of fused-ring (bicyclic) bond motifs is 1. The van der Waals surface area contributed by atoms with E-state index >= 15 is 0 Å². The van der Waals surface area contributed by atoms with Crippen LogP contribution in [-0.4, -0.2) is 37.4 Å². The molecular formula is C29H29N7O4S. The third kappa shape index (κ3) is 8.90. The average molecular weight is 572 g/mol. The Hall–Kier alpha value is -5.23. The first-order chi connectivity index (χ1) is 20.0. The van der Waals surface area contributed by atoms with E-state index in [1.54, 1.807) is 36.0 Å². The maximum absolute atomic E-state index is 11.3. The monoisotopic (exact) mass is 571 g/mol. The summed E-state index contributed by atoms with van der Waals surface area (Å²) >= 11 is 5.05. The molecule has 1 amide bonds. The molecule has 5 aromatic rings. The first-order valence-corrected chi connectivity index (χ1v) is 13.1. The zero-order valence-corrected chi connectivity index (χ0v) is 23.1. The van der Waals surface area contributed by atoms with Crippen LogP contribution in [-0.2, 0) is 18.0 Å². The first-order valence-electron chi connectivity index (χ1n) is 12.7. The maximum atomic E-state index is 11.3. The van der Waals surface area contributed by atoms with Crippen molar-refractivity contribution in [3.05, 3.63) is 108 Å². The lowest BCUT2D eigenvalue weighted by Crippen LogP contribution is -2.34. The number of nitrogens with two attached hydrogens (primary N) is 1. The summed E-state index contributed by atoms with van der Waals surface area (Å²) in [6, 6.07) is 27.0. The second-order valence-corrected chi connectivity index (χ2v) is 8.72. The minimum Gasteiger partial charge on any atom is -0.485 e. The normalized spacial score (nSPS) is 10.2. The molecule has 3 heterocycles. The van der Waals surface area contributed by atoms with Gasteiger partial charge in [0.05, 0.1) is 6.61 Å². The highest BCUT2D eigenvalue weighted by molar-refractivity contribution is 7.80. The Morgan fingerprint density at radius 1 is 0.902 bits per heavy atom. The van der Waals surface area contributed by atoms with E-state index in [4.69, 9.17) is 32.2 Å². The Morgan fingerprint density at radius 2 is 1.54 bits per heavy atom. The van der Waals surface area contributed by atoms with Crippen molar-refractivity contribution in [2.75, 3.05) is 17.7 Å². The molecular weight excluding hydrogens is 542 g/mol. The van der Waals surface area contributed by atoms with Crippen molar-refractivity contribution in [1.29, 1.82) is 0 Å². The molecule has 0 aliphatic heterocycles. The van der Waals surface area contributed by atoms with Gasteiger partial charge < -0.3 is 25.3 Å². The number of rotatable bonds is 8. The fourth-order valence-electron chi connectivity index (χ4n) is 3.48. The molecule has 12 heteroatoms. The second-order valence-electron chi connectivity index (χ2n) is 8.31. The molecule has 0 radical (unpaired) electrons. The van der Waals surface area contributed by atoms with Gasteiger partial charge in [0, 0.05) is 12.4 Å². The number of alkyl carbamates (subject to hydrolysis) is 1. The molecule has 0 aliphatic rings. The minimum absolute atomic E-state index is 0.0895. The molecule has 210 valence electrons. The number of carbonyl (C=O) groups excluding carboxylic acids is 1. The van der Waals surface area contributed by atoms with Gasteiger partial charge in [-0.05, 0) is 54.5 Å². The molecule has 0 unspecified atom stereocenters. The fraction of sp³-hybridized carbons (Fsp3) is 0.138. The van der Waals surface area contributed by atoms with Crippen molar-refractivity contribution in [2.45, 2.75) is 20.1 Å². The lowest BCUT2D eigenvalue weighted by atomic mass is 10.2. The van der Waals surface area contributed by atoms with Gasteiger partial charge in [0.25, 0.3) is 0 Å². The molecule has 5 rings (SSSR count). The Bertz CT molecular complexity index is 1570. The van der Waals surface area contributed by atoms with E-state index in [-0.39, 0.29) is 17.7 Å². The molecule has 0 saturated carbocycles. The van der Waals surface area contributed by atoms with Gasteiger partial charge in [-0.15, -0.1) is 5.10 Å². The number of ether oxygens (including phenoxy) is 3. The summed E-state index contributed by atoms with van der Waals surface area (Å²) in [6.07, 6.45) is 2.77. The summed E-state index contributed by atoms with van der Waals surface area (Å²) in [5.74, 6) is 1.87. The highest BCUT2D eigenvalue weighted by Crippen LogP contribution is 2.22. The number of aromatic nitrogens is 4. The van der Waals surface area contributed by atoms with Crippen molar-refractivity contribution < 1.29 is 19.0 Å². The smallest absolute Gasteiger partial charge is 0.413 e. The van der Waals surface area contributed by atoms with Crippen molar-refractivity contribution in [1.82, 2.24) is 24.9 Å². The topological polar surface area (TPSA) is 138 Å². The van der Waals surface area contributed by atoms with E-state index in [1.807, 2.05) is 72.8 Å². The van der Waals surface area contributed by atoms with E-state index in [0.29, 0.717) is 36.2 Å². The third-order valence-electron chi connectivity index (χ3n) is 5.31. The number of benzene rings is 2. The van der Waals surface area contributed by atoms with Crippen LogP contribution in [0.15, 0.2) is 97.3 Å². The number of carbonyl (C=O) groups is 1. The Labute approximate surface area is 242 Å². The summed E-state index contributed by atoms with van der Waals surface area (Å²) in [6.45, 7) is 2.88. The van der Waals surface area contributed by atoms with Crippen molar-refractivity contribution >= 4 is 40.8 Å². The molecule has 2 aromatic carbocycles. The number of thiocarbonyl (C=S) groups is 1. The Morgan fingerprint density at radius 3 is 2.20 bits per heavy atom. The Kier molecular flexibility index (Phi) is 10.4. The lowest BCUT2D eigenvalue weighted by molar-refractivity contribution is 0.158. The largest absolute Gasteiger partial charge is 0.485 e. The van der Waals surface area contributed by atoms with Crippen LogP contribution in [0.25, 0.3) is 5.65 Å². The number of pyridine rings is 2. The van der Waals surface area contributed by atoms with Crippen LogP contribution in [0.4, 0.5) is 16.6 Å². The molecule has 0 saturated heterocycles. The van der Waals surface area contributed by atoms with E-state index in [2.05, 4.69) is 25.7 Å². The first kappa shape index (κ1) is 28.8. The molecule has 0 spiro atoms. The van der Waals surface area contributed by atoms with Crippen LogP contribution in [0, 0.1) is 0 Å². The SMILES string of the molecule is CCOC(=O)NC(=S)Nc1ncccc1OCc1ccccc1.Nc1nc2c(OCc3ccccc3)cccn2n1. The van der Waals surface area contributed by atoms with Gasteiger partial charge in [-0.25, -0.2) is 14.3 Å². The van der Waals surface area contributed by atoms with Gasteiger partial charge in [-0.1, -0.05) is 60.7 Å². The highest BCUT2D eigenvalue weighted by Gasteiger charge is 2.10. The van der Waals surface area contributed by atoms with Crippen LogP contribution < -0.4 is 25.8 Å². The standard InChI is InChI=1S/C16H17N3O3S.C13H12N4O/c1-2-21-16(20)19-15(23)18-14-13(9-6-10-17-14)22-11-12-7-4-3-5-8-12;14-13-15-12-11(7-4-8-17(12)16-13)18-9-10-5-2-1-3-6-10/h3-10H,2,11H2,1H3,(H2,17,18,19,20,23);1-8H,9H2,(H2,14,16). The van der Waals surface area contributed by atoms with Gasteiger partial charge in [-0.2, -0.15) is 4.98 Å². The summed E-state index contributed by atoms with van der Waals surface area (Å²) in [5, 5.41) is 9.34. The second kappa shape index (κ2) is 14.8. The van der Waals surface area contributed by atoms with Gasteiger partial charge in [0.2, 0.25) is 5.95 Å². The molecule has 41 heavy (non-hydrogen) atoms. The summed E-state index contributed by atoms with van der Waals surface area (Å²) < 4.78 is 17.9. The number of hydrogen-bond donors (Lipinski definition) is 3. The zero-order valence-electron chi connectivity index (χ0n) is 22.3. The zero-order chi connectivity index (χ0) is 28.9. The number of nitrogens with one attached hydrogen (secondary N) is 2. The summed E-state index contributed by atoms with van der Waals surface area (Å²) in [4.78, 5) is 19.6. The van der Waals surface area contributed by atoms with E-state index in [9.17, 15) is 4.79 Å². The highest BCUT2D eigenvalue weighted by atomic mass is 32.1. The van der Waals surface area contributed by atoms with Gasteiger partial charge in [-0.3, -0.25) is 5.32 Å². The quantitative estimate of drug-likeness (QED) is 0.218. The molecule has 0 bridgehead atoms. The van der Waals surface area contributed by atoms with E-state index in [0.717, 1.165) is 11.1 Å². The van der Waals surface area contributed by atoms with Gasteiger partial charge in [0.1, 0.15) is 13.2 Å². The number of nitrogen functional groups attached to an aromatic ring is 1. The third-order valence-corrected chi connectivity index (χ3v) is 5.52. The maximum Gasteiger partial charge on any atom is 0.413 e. The molecule has 0 atom stereocenters. The van der Waals surface area contributed by atoms with Gasteiger partial charge >= 0.3 is 6.09 Å². The predicted octanol–water partition coefficient (Wildman–Crippen LogP) is 4.99. The van der Waals surface area contributed by atoms with Crippen molar-refractivity contribution in [3.8, 4) is 11.5 Å². The van der Waals surface area contributed by atoms with Crippen molar-refractivity contribution in [2.24, 2.45) is 0 Å². The summed E-state index contributed by atoms with van der Waals surface area (Å²) in [5.41, 5.74) is 8.34. The summed E-state index contributed by atoms with van der Waals surface area (Å²) in [7, 11) is 0. The number of amides is 1. The molecule has 0 aliphatic carbocycles. The van der Waals surface area contributed by atoms with Crippen LogP contribution in [0.5, 0.6) is 11.5 Å². The lowest BCUT2D eigenvalue weighted by Gasteiger charge is -2.13. The fourth-order valence-corrected chi connectivity index (χ4v) is 3.66. The van der Waals surface area contributed by atoms with Crippen LogP contribution >= 0.6 is 12.2 Å². The molecule has 3 aromatic heterocycles. The van der Waals surface area contributed by atoms with Crippen molar-refractivity contribution in [3.63, 3.8) is 0 Å². The number of nitrogens with zero attached hydrogens (tertiary/aromatic N) is 4. The van der Waals surface area contributed by atoms with Crippen LogP contribution in [0.1, 0.15) is 18.1 Å². The number of anilines is 2. The minimum atomic E-state index is -0.618. The van der Waals surface area contributed by atoms with E-state index in [1.165, 1.54) is 0 Å². The molecule has 0 fully saturated rings. The van der Waals surface area contributed by atoms with Crippen LogP contribution in [0.3, 0.4) is 0 Å². The van der Waals surface area contributed by atoms with E-state index < -0.39 is 6.09 Å². The number of hydrogen-bond acceptors (Lipinski definition) is 9. The van der Waals surface area contributed by atoms with Crippen LogP contribution in [0.2, 0.25) is 0 Å². The predicted molar refractivity (Wildman–Crippen MR) is 160 cm³/mol. The molecule has 11 nitrogen and oxygen atoms in total. The average Bonchev–Trinajstić information content (AvgIpc) is 3.38. The van der Waals surface area contributed by atoms with Gasteiger partial charge in [0.15, 0.2) is 28.1 Å². The molecule has 4 N–H and O–H groups in total.